The van der Waals surface area contributed by atoms with E-state index < -0.39 is 0 Å². The zero-order valence-electron chi connectivity index (χ0n) is 10.6. The van der Waals surface area contributed by atoms with Crippen LogP contribution in [0, 0.1) is 0 Å². The third-order valence-electron chi connectivity index (χ3n) is 3.64. The van der Waals surface area contributed by atoms with Crippen LogP contribution in [0.2, 0.25) is 0 Å². The van der Waals surface area contributed by atoms with Gasteiger partial charge in [-0.05, 0) is 38.6 Å². The molecule has 96 valence electrons. The highest BCUT2D eigenvalue weighted by atomic mass is 15.4. The van der Waals surface area contributed by atoms with E-state index in [1.165, 1.54) is 38.5 Å². The number of hydrogen-bond donors (Lipinski definition) is 1. The maximum absolute atomic E-state index is 5.49. The molecule has 1 aliphatic rings. The molecule has 0 bridgehead atoms. The fourth-order valence-corrected chi connectivity index (χ4v) is 2.58. The number of hydrogen-bond acceptors (Lipinski definition) is 3. The molecule has 0 amide bonds. The summed E-state index contributed by atoms with van der Waals surface area (Å²) in [5.74, 6) is 0. The summed E-state index contributed by atoms with van der Waals surface area (Å²) in [6.07, 6.45) is 13.4. The minimum absolute atomic E-state index is 0.591. The quantitative estimate of drug-likeness (QED) is 0.631. The highest BCUT2D eigenvalue weighted by Gasteiger charge is 2.15. The van der Waals surface area contributed by atoms with Crippen molar-refractivity contribution < 1.29 is 0 Å². The van der Waals surface area contributed by atoms with Gasteiger partial charge in [0.1, 0.15) is 0 Å². The van der Waals surface area contributed by atoms with Crippen LogP contribution in [0.1, 0.15) is 63.1 Å². The first kappa shape index (κ1) is 12.6. The average Bonchev–Trinajstić information content (AvgIpc) is 2.64. The van der Waals surface area contributed by atoms with E-state index in [2.05, 4.69) is 21.2 Å². The van der Waals surface area contributed by atoms with Gasteiger partial charge in [-0.1, -0.05) is 30.9 Å². The maximum Gasteiger partial charge on any atom is 0.0827 e. The molecule has 1 heterocycles. The minimum atomic E-state index is 0.591. The highest BCUT2D eigenvalue weighted by Crippen LogP contribution is 2.26. The van der Waals surface area contributed by atoms with Crippen molar-refractivity contribution >= 4 is 0 Å². The Balaban J connectivity index is 1.87. The largest absolute Gasteiger partial charge is 0.330 e. The van der Waals surface area contributed by atoms with Crippen LogP contribution in [0.15, 0.2) is 6.20 Å². The van der Waals surface area contributed by atoms with Crippen LogP contribution >= 0.6 is 0 Å². The molecule has 0 aliphatic heterocycles. The maximum atomic E-state index is 5.49. The lowest BCUT2D eigenvalue weighted by molar-refractivity contribution is 0.396. The molecule has 1 aliphatic carbocycles. The molecule has 17 heavy (non-hydrogen) atoms. The summed E-state index contributed by atoms with van der Waals surface area (Å²) in [4.78, 5) is 0. The average molecular weight is 236 g/mol. The van der Waals surface area contributed by atoms with Crippen LogP contribution in [0.3, 0.4) is 0 Å². The lowest BCUT2D eigenvalue weighted by Crippen LogP contribution is -2.08. The lowest BCUT2D eigenvalue weighted by Gasteiger charge is -2.12. The van der Waals surface area contributed by atoms with Gasteiger partial charge in [0, 0.05) is 6.20 Å². The molecule has 0 atom stereocenters. The van der Waals surface area contributed by atoms with Gasteiger partial charge in [-0.25, -0.2) is 4.68 Å². The number of rotatable bonds is 5. The molecule has 0 saturated heterocycles. The summed E-state index contributed by atoms with van der Waals surface area (Å²) in [6.45, 7) is 0.775. The Kier molecular flexibility index (Phi) is 4.98. The molecule has 0 radical (unpaired) electrons. The van der Waals surface area contributed by atoms with Crippen LogP contribution < -0.4 is 5.73 Å². The number of nitrogens with two attached hydrogens (primary N) is 1. The summed E-state index contributed by atoms with van der Waals surface area (Å²) in [6, 6.07) is 0.591. The molecule has 4 nitrogen and oxygen atoms in total. The van der Waals surface area contributed by atoms with Crippen LogP contribution in [-0.2, 0) is 6.42 Å². The number of unbranched alkanes of at least 4 members (excludes halogenated alkanes) is 1. The first-order valence-electron chi connectivity index (χ1n) is 7.01. The lowest BCUT2D eigenvalue weighted by atomic mass is 10.1. The molecule has 2 rings (SSSR count). The van der Waals surface area contributed by atoms with E-state index in [1.54, 1.807) is 0 Å². The predicted molar refractivity (Wildman–Crippen MR) is 68.8 cm³/mol. The van der Waals surface area contributed by atoms with Crippen molar-refractivity contribution in [1.82, 2.24) is 15.0 Å². The van der Waals surface area contributed by atoms with Gasteiger partial charge in [0.15, 0.2) is 0 Å². The molecule has 4 heteroatoms. The predicted octanol–water partition coefficient (Wildman–Crippen LogP) is 2.45. The van der Waals surface area contributed by atoms with E-state index in [1.807, 2.05) is 0 Å². The van der Waals surface area contributed by atoms with Crippen LogP contribution in [-0.4, -0.2) is 21.5 Å². The molecular weight excluding hydrogens is 212 g/mol. The fourth-order valence-electron chi connectivity index (χ4n) is 2.58. The second kappa shape index (κ2) is 6.74. The normalized spacial score (nSPS) is 18.2. The topological polar surface area (TPSA) is 56.7 Å². The van der Waals surface area contributed by atoms with E-state index in [0.29, 0.717) is 6.04 Å². The number of aromatic nitrogens is 3. The van der Waals surface area contributed by atoms with Gasteiger partial charge < -0.3 is 5.73 Å². The Morgan fingerprint density at radius 3 is 2.65 bits per heavy atom. The van der Waals surface area contributed by atoms with Gasteiger partial charge >= 0.3 is 0 Å². The standard InChI is InChI=1S/C13H24N4/c14-10-6-5-7-12-11-17(16-15-12)13-8-3-1-2-4-9-13/h11,13H,1-10,14H2. The Morgan fingerprint density at radius 2 is 1.94 bits per heavy atom. The molecule has 1 aromatic rings. The van der Waals surface area contributed by atoms with Crippen molar-refractivity contribution in [3.05, 3.63) is 11.9 Å². The van der Waals surface area contributed by atoms with Crippen molar-refractivity contribution in [2.24, 2.45) is 5.73 Å². The smallest absolute Gasteiger partial charge is 0.0827 e. The molecule has 1 aromatic heterocycles. The SMILES string of the molecule is NCCCCc1cn(C2CCCCCC2)nn1. The van der Waals surface area contributed by atoms with Crippen molar-refractivity contribution in [2.45, 2.75) is 63.8 Å². The molecule has 0 spiro atoms. The van der Waals surface area contributed by atoms with Gasteiger partial charge in [-0.2, -0.15) is 0 Å². The zero-order chi connectivity index (χ0) is 11.9. The van der Waals surface area contributed by atoms with Crippen LogP contribution in [0.5, 0.6) is 0 Å². The van der Waals surface area contributed by atoms with E-state index in [-0.39, 0.29) is 0 Å². The fraction of sp³-hybridized carbons (Fsp3) is 0.846. The number of aryl methyl sites for hydroxylation is 1. The van der Waals surface area contributed by atoms with Crippen LogP contribution in [0.25, 0.3) is 0 Å². The van der Waals surface area contributed by atoms with Gasteiger partial charge in [0.25, 0.3) is 0 Å². The van der Waals surface area contributed by atoms with E-state index in [0.717, 1.165) is 31.5 Å². The molecule has 0 unspecified atom stereocenters. The highest BCUT2D eigenvalue weighted by molar-refractivity contribution is 4.93. The third kappa shape index (κ3) is 3.80. The van der Waals surface area contributed by atoms with Gasteiger partial charge in [0.05, 0.1) is 11.7 Å². The summed E-state index contributed by atoms with van der Waals surface area (Å²) in [7, 11) is 0. The first-order valence-corrected chi connectivity index (χ1v) is 7.01. The molecule has 1 saturated carbocycles. The van der Waals surface area contributed by atoms with Crippen LogP contribution in [0.4, 0.5) is 0 Å². The monoisotopic (exact) mass is 236 g/mol. The third-order valence-corrected chi connectivity index (χ3v) is 3.64. The second-order valence-electron chi connectivity index (χ2n) is 5.08. The Hall–Kier alpha value is -0.900. The molecule has 0 aromatic carbocycles. The first-order chi connectivity index (χ1) is 8.40. The van der Waals surface area contributed by atoms with E-state index in [9.17, 15) is 0 Å². The van der Waals surface area contributed by atoms with Gasteiger partial charge in [0.2, 0.25) is 0 Å². The summed E-state index contributed by atoms with van der Waals surface area (Å²) >= 11 is 0. The van der Waals surface area contributed by atoms with Crippen molar-refractivity contribution in [3.63, 3.8) is 0 Å². The Morgan fingerprint density at radius 1 is 1.18 bits per heavy atom. The van der Waals surface area contributed by atoms with E-state index >= 15 is 0 Å². The van der Waals surface area contributed by atoms with Gasteiger partial charge in [-0.3, -0.25) is 0 Å². The van der Waals surface area contributed by atoms with E-state index in [4.69, 9.17) is 5.73 Å². The Bertz CT molecular complexity index is 313. The van der Waals surface area contributed by atoms with Crippen molar-refractivity contribution in [2.75, 3.05) is 6.54 Å². The van der Waals surface area contributed by atoms with Gasteiger partial charge in [-0.15, -0.1) is 5.10 Å². The number of nitrogens with zero attached hydrogens (tertiary/aromatic N) is 3. The Labute approximate surface area is 104 Å². The minimum Gasteiger partial charge on any atom is -0.330 e. The zero-order valence-corrected chi connectivity index (χ0v) is 10.6. The summed E-state index contributed by atoms with van der Waals surface area (Å²) in [5, 5.41) is 8.56. The molecule has 2 N–H and O–H groups in total. The molecule has 1 fully saturated rings. The summed E-state index contributed by atoms with van der Waals surface area (Å²) in [5.41, 5.74) is 6.62. The van der Waals surface area contributed by atoms with Crippen molar-refractivity contribution in [3.8, 4) is 0 Å². The molecular formula is C13H24N4. The summed E-state index contributed by atoms with van der Waals surface area (Å²) < 4.78 is 2.10. The second-order valence-corrected chi connectivity index (χ2v) is 5.08. The van der Waals surface area contributed by atoms with Crippen molar-refractivity contribution in [1.29, 1.82) is 0 Å².